The summed E-state index contributed by atoms with van der Waals surface area (Å²) < 4.78 is 7.06. The zero-order valence-electron chi connectivity index (χ0n) is 20.1. The second-order valence-electron chi connectivity index (χ2n) is 9.30. The number of nitrogens with one attached hydrogen (secondary N) is 1. The lowest BCUT2D eigenvalue weighted by Crippen LogP contribution is -2.64. The van der Waals surface area contributed by atoms with Gasteiger partial charge >= 0.3 is 5.97 Å². The first-order valence-corrected chi connectivity index (χ1v) is 11.7. The number of hydrogen-bond donors (Lipinski definition) is 1. The van der Waals surface area contributed by atoms with E-state index in [1.807, 2.05) is 34.9 Å². The van der Waals surface area contributed by atoms with E-state index in [2.05, 4.69) is 19.2 Å². The Kier molecular flexibility index (Phi) is 6.46. The highest BCUT2D eigenvalue weighted by Gasteiger charge is 2.48. The van der Waals surface area contributed by atoms with Gasteiger partial charge in [-0.05, 0) is 56.5 Å². The number of para-hydroxylation sites is 1. The summed E-state index contributed by atoms with van der Waals surface area (Å²) in [5, 5.41) is 3.98. The summed E-state index contributed by atoms with van der Waals surface area (Å²) in [6, 6.07) is 16.3. The van der Waals surface area contributed by atoms with E-state index in [1.165, 1.54) is 4.90 Å². The summed E-state index contributed by atoms with van der Waals surface area (Å²) in [7, 11) is 0. The topological polar surface area (TPSA) is 80.6 Å². The van der Waals surface area contributed by atoms with Crippen molar-refractivity contribution in [3.8, 4) is 0 Å². The molecule has 0 unspecified atom stereocenters. The van der Waals surface area contributed by atoms with Crippen LogP contribution in [-0.2, 0) is 16.1 Å². The molecule has 1 atom stereocenters. The maximum Gasteiger partial charge on any atom is 0.338 e. The Morgan fingerprint density at radius 3 is 2.62 bits per heavy atom. The predicted molar refractivity (Wildman–Crippen MR) is 132 cm³/mol. The van der Waals surface area contributed by atoms with Gasteiger partial charge in [-0.25, -0.2) is 4.79 Å². The SMILES string of the molecule is CCOC(=O)c1cccc(N2C(=O)c3cc4ccccc4n3C[C@]2(C)C(=O)NCCC(C)C)c1. The second-order valence-corrected chi connectivity index (χ2v) is 9.30. The number of carbonyl (C=O) groups is 3. The lowest BCUT2D eigenvalue weighted by atomic mass is 9.93. The number of anilines is 1. The molecule has 0 bridgehead atoms. The lowest BCUT2D eigenvalue weighted by Gasteiger charge is -2.44. The van der Waals surface area contributed by atoms with Gasteiger partial charge in [0, 0.05) is 23.1 Å². The van der Waals surface area contributed by atoms with Gasteiger partial charge in [0.1, 0.15) is 11.2 Å². The minimum atomic E-state index is -1.20. The lowest BCUT2D eigenvalue weighted by molar-refractivity contribution is -0.126. The van der Waals surface area contributed by atoms with Crippen LogP contribution in [0.5, 0.6) is 0 Å². The number of benzene rings is 2. The molecule has 0 saturated heterocycles. The van der Waals surface area contributed by atoms with Crippen molar-refractivity contribution in [2.24, 2.45) is 5.92 Å². The largest absolute Gasteiger partial charge is 0.462 e. The van der Waals surface area contributed by atoms with Crippen LogP contribution >= 0.6 is 0 Å². The number of amides is 2. The summed E-state index contributed by atoms with van der Waals surface area (Å²) in [4.78, 5) is 41.4. The summed E-state index contributed by atoms with van der Waals surface area (Å²) in [6.45, 7) is 8.79. The quantitative estimate of drug-likeness (QED) is 0.529. The van der Waals surface area contributed by atoms with Crippen LogP contribution in [0.4, 0.5) is 5.69 Å². The number of ether oxygens (including phenoxy) is 1. The van der Waals surface area contributed by atoms with Crippen molar-refractivity contribution in [3.05, 3.63) is 65.9 Å². The van der Waals surface area contributed by atoms with Gasteiger partial charge in [-0.15, -0.1) is 0 Å². The van der Waals surface area contributed by atoms with Gasteiger partial charge < -0.3 is 14.6 Å². The van der Waals surface area contributed by atoms with E-state index in [9.17, 15) is 14.4 Å². The average molecular weight is 462 g/mol. The van der Waals surface area contributed by atoms with Crippen LogP contribution in [0.1, 0.15) is 55.0 Å². The zero-order valence-corrected chi connectivity index (χ0v) is 20.1. The molecule has 7 nitrogen and oxygen atoms in total. The number of hydrogen-bond acceptors (Lipinski definition) is 4. The third kappa shape index (κ3) is 4.18. The van der Waals surface area contributed by atoms with E-state index in [-0.39, 0.29) is 18.4 Å². The van der Waals surface area contributed by atoms with Gasteiger partial charge in [-0.3, -0.25) is 14.5 Å². The van der Waals surface area contributed by atoms with Crippen LogP contribution in [-0.4, -0.2) is 41.0 Å². The first-order chi connectivity index (χ1) is 16.3. The van der Waals surface area contributed by atoms with Crippen molar-refractivity contribution in [3.63, 3.8) is 0 Å². The summed E-state index contributed by atoms with van der Waals surface area (Å²) in [6.07, 6.45) is 0.839. The molecule has 4 rings (SSSR count). The molecule has 0 aliphatic carbocycles. The number of nitrogens with zero attached hydrogens (tertiary/aromatic N) is 2. The minimum Gasteiger partial charge on any atom is -0.462 e. The van der Waals surface area contributed by atoms with Crippen LogP contribution in [0.3, 0.4) is 0 Å². The highest BCUT2D eigenvalue weighted by molar-refractivity contribution is 6.14. The highest BCUT2D eigenvalue weighted by atomic mass is 16.5. The van der Waals surface area contributed by atoms with Gasteiger partial charge in [0.05, 0.1) is 18.7 Å². The molecule has 1 aromatic heterocycles. The van der Waals surface area contributed by atoms with Crippen molar-refractivity contribution >= 4 is 34.4 Å². The Bertz CT molecular complexity index is 1250. The molecule has 0 fully saturated rings. The number of esters is 1. The predicted octanol–water partition coefficient (Wildman–Crippen LogP) is 4.40. The maximum atomic E-state index is 13.9. The molecule has 0 radical (unpaired) electrons. The molecule has 0 spiro atoms. The van der Waals surface area contributed by atoms with Crippen molar-refractivity contribution < 1.29 is 19.1 Å². The van der Waals surface area contributed by atoms with E-state index in [0.29, 0.717) is 36.0 Å². The smallest absolute Gasteiger partial charge is 0.338 e. The van der Waals surface area contributed by atoms with Gasteiger partial charge in [-0.1, -0.05) is 38.1 Å². The first-order valence-electron chi connectivity index (χ1n) is 11.7. The summed E-state index contributed by atoms with van der Waals surface area (Å²) in [5.41, 5.74) is 1.03. The Morgan fingerprint density at radius 2 is 1.88 bits per heavy atom. The van der Waals surface area contributed by atoms with Crippen LogP contribution in [0.2, 0.25) is 0 Å². The minimum absolute atomic E-state index is 0.230. The molecule has 2 aromatic carbocycles. The average Bonchev–Trinajstić information content (AvgIpc) is 3.18. The molecular weight excluding hydrogens is 430 g/mol. The van der Waals surface area contributed by atoms with Crippen LogP contribution in [0, 0.1) is 5.92 Å². The molecule has 7 heteroatoms. The third-order valence-electron chi connectivity index (χ3n) is 6.30. The third-order valence-corrected chi connectivity index (χ3v) is 6.30. The Labute approximate surface area is 199 Å². The molecule has 1 aliphatic rings. The first kappa shape index (κ1) is 23.5. The van der Waals surface area contributed by atoms with Crippen molar-refractivity contribution in [2.75, 3.05) is 18.1 Å². The van der Waals surface area contributed by atoms with Gasteiger partial charge in [-0.2, -0.15) is 0 Å². The van der Waals surface area contributed by atoms with E-state index in [4.69, 9.17) is 4.74 Å². The monoisotopic (exact) mass is 461 g/mol. The number of carbonyl (C=O) groups excluding carboxylic acids is 3. The Morgan fingerprint density at radius 1 is 1.12 bits per heavy atom. The van der Waals surface area contributed by atoms with Crippen LogP contribution < -0.4 is 10.2 Å². The highest BCUT2D eigenvalue weighted by Crippen LogP contribution is 2.36. The van der Waals surface area contributed by atoms with E-state index < -0.39 is 11.5 Å². The van der Waals surface area contributed by atoms with Crippen molar-refractivity contribution in [1.82, 2.24) is 9.88 Å². The number of aromatic nitrogens is 1. The molecule has 178 valence electrons. The molecule has 0 saturated carbocycles. The van der Waals surface area contributed by atoms with E-state index >= 15 is 0 Å². The molecule has 3 aromatic rings. The number of fused-ring (bicyclic) bond motifs is 3. The standard InChI is InChI=1S/C27H31N3O4/c1-5-34-25(32)20-10-8-11-21(15-20)30-24(31)23-16-19-9-6-7-12-22(19)29(23)17-27(30,4)26(33)28-14-13-18(2)3/h6-12,15-16,18H,5,13-14,17H2,1-4H3,(H,28,33)/t27-/m1/s1. The number of rotatable bonds is 7. The molecule has 2 heterocycles. The Balaban J connectivity index is 1.81. The fourth-order valence-corrected chi connectivity index (χ4v) is 4.50. The molecule has 1 N–H and O–H groups in total. The van der Waals surface area contributed by atoms with Gasteiger partial charge in [0.2, 0.25) is 5.91 Å². The fraction of sp³-hybridized carbons (Fsp3) is 0.370. The van der Waals surface area contributed by atoms with E-state index in [0.717, 1.165) is 17.3 Å². The van der Waals surface area contributed by atoms with Gasteiger partial charge in [0.25, 0.3) is 5.91 Å². The van der Waals surface area contributed by atoms with Gasteiger partial charge in [0.15, 0.2) is 0 Å². The van der Waals surface area contributed by atoms with Crippen LogP contribution in [0.25, 0.3) is 10.9 Å². The van der Waals surface area contributed by atoms with Crippen LogP contribution in [0.15, 0.2) is 54.6 Å². The fourth-order valence-electron chi connectivity index (χ4n) is 4.50. The van der Waals surface area contributed by atoms with Crippen molar-refractivity contribution in [1.29, 1.82) is 0 Å². The molecule has 1 aliphatic heterocycles. The maximum absolute atomic E-state index is 13.9. The molecule has 2 amide bonds. The normalized spacial score (nSPS) is 17.7. The summed E-state index contributed by atoms with van der Waals surface area (Å²) in [5.74, 6) is -0.541. The second kappa shape index (κ2) is 9.33. The summed E-state index contributed by atoms with van der Waals surface area (Å²) >= 11 is 0. The van der Waals surface area contributed by atoms with Crippen molar-refractivity contribution in [2.45, 2.75) is 46.2 Å². The van der Waals surface area contributed by atoms with E-state index in [1.54, 1.807) is 38.1 Å². The Hall–Kier alpha value is -3.61. The molecule has 34 heavy (non-hydrogen) atoms. The molecular formula is C27H31N3O4. The zero-order chi connectivity index (χ0) is 24.5.